The third-order valence-corrected chi connectivity index (χ3v) is 6.57. The van der Waals surface area contributed by atoms with Crippen LogP contribution in [-0.4, -0.2) is 34.4 Å². The van der Waals surface area contributed by atoms with Gasteiger partial charge in [0.1, 0.15) is 11.5 Å². The molecule has 0 amide bonds. The van der Waals surface area contributed by atoms with Crippen molar-refractivity contribution in [2.24, 2.45) is 0 Å². The van der Waals surface area contributed by atoms with E-state index in [2.05, 4.69) is 27.5 Å². The maximum atomic E-state index is 5.83. The summed E-state index contributed by atoms with van der Waals surface area (Å²) in [5.74, 6) is 2.49. The maximum Gasteiger partial charge on any atom is 0.258 e. The molecule has 1 unspecified atom stereocenters. The fraction of sp³-hybridized carbons (Fsp3) is 0.179. The van der Waals surface area contributed by atoms with E-state index in [0.717, 1.165) is 39.5 Å². The Kier molecular flexibility index (Phi) is 6.69. The molecule has 5 rings (SSSR count). The Hall–Kier alpha value is -4.17. The van der Waals surface area contributed by atoms with Crippen molar-refractivity contribution in [2.45, 2.75) is 19.5 Å². The molecule has 1 aromatic heterocycles. The van der Waals surface area contributed by atoms with Crippen LogP contribution in [-0.2, 0) is 6.54 Å². The van der Waals surface area contributed by atoms with Gasteiger partial charge >= 0.3 is 0 Å². The quantitative estimate of drug-likeness (QED) is 0.329. The minimum absolute atomic E-state index is 0.264. The van der Waals surface area contributed by atoms with Gasteiger partial charge in [-0.05, 0) is 66.7 Å². The first-order chi connectivity index (χ1) is 17.6. The van der Waals surface area contributed by atoms with Gasteiger partial charge in [-0.1, -0.05) is 47.6 Å². The van der Waals surface area contributed by atoms with E-state index in [4.69, 9.17) is 31.2 Å². The second kappa shape index (κ2) is 10.2. The highest BCUT2D eigenvalue weighted by Gasteiger charge is 2.34. The Morgan fingerprint density at radius 3 is 2.19 bits per heavy atom. The lowest BCUT2D eigenvalue weighted by Gasteiger charge is -2.37. The minimum atomic E-state index is -0.264. The largest absolute Gasteiger partial charge is 0.497 e. The number of nitrogens with one attached hydrogen (secondary N) is 1. The van der Waals surface area contributed by atoms with Crippen LogP contribution in [0, 0.1) is 0 Å². The third-order valence-electron chi connectivity index (χ3n) is 6.23. The summed E-state index contributed by atoms with van der Waals surface area (Å²) >= 11 is 5.81. The van der Waals surface area contributed by atoms with Crippen molar-refractivity contribution in [2.75, 3.05) is 14.2 Å². The van der Waals surface area contributed by atoms with Crippen LogP contribution in [0.5, 0.6) is 11.5 Å². The average molecular weight is 499 g/mol. The van der Waals surface area contributed by atoms with Gasteiger partial charge in [0.15, 0.2) is 5.11 Å². The van der Waals surface area contributed by atoms with Gasteiger partial charge in [0, 0.05) is 17.8 Å². The zero-order chi connectivity index (χ0) is 25.1. The molecule has 3 aromatic carbocycles. The lowest BCUT2D eigenvalue weighted by molar-refractivity contribution is 0.395. The number of hydrogen-bond donors (Lipinski definition) is 1. The molecule has 0 saturated heterocycles. The van der Waals surface area contributed by atoms with Crippen molar-refractivity contribution < 1.29 is 14.0 Å². The minimum Gasteiger partial charge on any atom is -0.497 e. The molecule has 0 spiro atoms. The van der Waals surface area contributed by atoms with Gasteiger partial charge < -0.3 is 24.2 Å². The number of thiocarbonyl (C=S) groups is 1. The highest BCUT2D eigenvalue weighted by atomic mass is 32.1. The molecule has 2 heterocycles. The monoisotopic (exact) mass is 498 g/mol. The first-order valence-electron chi connectivity index (χ1n) is 11.5. The number of hydrogen-bond acceptors (Lipinski definition) is 6. The van der Waals surface area contributed by atoms with E-state index in [9.17, 15) is 0 Å². The number of allylic oxidation sites excluding steroid dienone is 1. The van der Waals surface area contributed by atoms with Gasteiger partial charge in [-0.25, -0.2) is 0 Å². The Morgan fingerprint density at radius 1 is 0.917 bits per heavy atom. The summed E-state index contributed by atoms with van der Waals surface area (Å²) in [5.41, 5.74) is 4.82. The summed E-state index contributed by atoms with van der Waals surface area (Å²) in [7, 11) is 3.29. The topological polar surface area (TPSA) is 72.7 Å². The van der Waals surface area contributed by atoms with E-state index >= 15 is 0 Å². The second-order valence-electron chi connectivity index (χ2n) is 8.38. The zero-order valence-corrected chi connectivity index (χ0v) is 21.1. The van der Waals surface area contributed by atoms with E-state index < -0.39 is 0 Å². The molecular weight excluding hydrogens is 472 g/mol. The van der Waals surface area contributed by atoms with Crippen LogP contribution in [0.1, 0.15) is 30.0 Å². The van der Waals surface area contributed by atoms with Crippen LogP contribution in [0.2, 0.25) is 0 Å². The summed E-state index contributed by atoms with van der Waals surface area (Å²) in [6, 6.07) is 25.4. The fourth-order valence-electron chi connectivity index (χ4n) is 4.25. The highest BCUT2D eigenvalue weighted by Crippen LogP contribution is 2.38. The molecule has 36 heavy (non-hydrogen) atoms. The first kappa shape index (κ1) is 23.6. The summed E-state index contributed by atoms with van der Waals surface area (Å²) in [5, 5.41) is 8.41. The van der Waals surface area contributed by atoms with Gasteiger partial charge in [-0.2, -0.15) is 4.98 Å². The summed E-state index contributed by atoms with van der Waals surface area (Å²) in [6.45, 7) is 2.66. The standard InChI is InChI=1S/C28H26N4O3S/c1-18-24(27-30-26(31-35-27)21-11-15-23(34-3)16-12-21)25(20-9-13-22(33-2)14-10-20)29-28(36)32(18)17-19-7-5-4-6-8-19/h4-16,25H,17H2,1-3H3,(H,29,36). The third kappa shape index (κ3) is 4.67. The molecule has 1 atom stereocenters. The molecule has 0 saturated carbocycles. The number of benzene rings is 3. The molecular formula is C28H26N4O3S. The number of aromatic nitrogens is 2. The van der Waals surface area contributed by atoms with E-state index in [1.807, 2.05) is 73.7 Å². The van der Waals surface area contributed by atoms with Crippen LogP contribution >= 0.6 is 12.2 Å². The highest BCUT2D eigenvalue weighted by molar-refractivity contribution is 7.80. The number of methoxy groups -OCH3 is 2. The Morgan fingerprint density at radius 2 is 1.56 bits per heavy atom. The Labute approximate surface area is 215 Å². The van der Waals surface area contributed by atoms with E-state index in [0.29, 0.717) is 23.4 Å². The molecule has 7 nitrogen and oxygen atoms in total. The molecule has 182 valence electrons. The van der Waals surface area contributed by atoms with E-state index in [1.54, 1.807) is 14.2 Å². The fourth-order valence-corrected chi connectivity index (χ4v) is 4.57. The zero-order valence-electron chi connectivity index (χ0n) is 20.3. The van der Waals surface area contributed by atoms with Crippen molar-refractivity contribution in [3.8, 4) is 22.9 Å². The van der Waals surface area contributed by atoms with E-state index in [1.165, 1.54) is 0 Å². The number of rotatable bonds is 7. The molecule has 1 N–H and O–H groups in total. The first-order valence-corrected chi connectivity index (χ1v) is 11.9. The molecule has 4 aromatic rings. The smallest absolute Gasteiger partial charge is 0.258 e. The van der Waals surface area contributed by atoms with Gasteiger partial charge in [0.05, 0.1) is 25.8 Å². The van der Waals surface area contributed by atoms with Gasteiger partial charge in [-0.15, -0.1) is 0 Å². The number of ether oxygens (including phenoxy) is 2. The summed E-state index contributed by atoms with van der Waals surface area (Å²) < 4.78 is 16.4. The molecule has 0 bridgehead atoms. The lowest BCUT2D eigenvalue weighted by atomic mass is 9.94. The van der Waals surface area contributed by atoms with Crippen molar-refractivity contribution in [1.82, 2.24) is 20.4 Å². The number of nitrogens with zero attached hydrogens (tertiary/aromatic N) is 3. The van der Waals surface area contributed by atoms with Crippen LogP contribution in [0.15, 0.2) is 89.1 Å². The van der Waals surface area contributed by atoms with Crippen LogP contribution < -0.4 is 14.8 Å². The van der Waals surface area contributed by atoms with E-state index in [-0.39, 0.29) is 6.04 Å². The SMILES string of the molecule is COc1ccc(-c2noc(C3=C(C)N(Cc4ccccc4)C(=S)NC3c3ccc(OC)cc3)n2)cc1. The average Bonchev–Trinajstić information content (AvgIpc) is 3.41. The Balaban J connectivity index is 1.57. The van der Waals surface area contributed by atoms with Crippen molar-refractivity contribution >= 4 is 22.9 Å². The van der Waals surface area contributed by atoms with Crippen molar-refractivity contribution in [3.05, 3.63) is 102 Å². The van der Waals surface area contributed by atoms with Crippen molar-refractivity contribution in [1.29, 1.82) is 0 Å². The second-order valence-corrected chi connectivity index (χ2v) is 8.76. The van der Waals surface area contributed by atoms with Crippen LogP contribution in [0.4, 0.5) is 0 Å². The van der Waals surface area contributed by atoms with Gasteiger partial charge in [0.2, 0.25) is 5.82 Å². The molecule has 0 fully saturated rings. The summed E-state index contributed by atoms with van der Waals surface area (Å²) in [4.78, 5) is 6.84. The molecule has 0 aliphatic carbocycles. The van der Waals surface area contributed by atoms with Crippen LogP contribution in [0.25, 0.3) is 17.0 Å². The molecule has 1 aliphatic rings. The van der Waals surface area contributed by atoms with Crippen LogP contribution in [0.3, 0.4) is 0 Å². The predicted molar refractivity (Wildman–Crippen MR) is 142 cm³/mol. The molecule has 1 aliphatic heterocycles. The van der Waals surface area contributed by atoms with Gasteiger partial charge in [0.25, 0.3) is 5.89 Å². The molecule has 8 heteroatoms. The lowest BCUT2D eigenvalue weighted by Crippen LogP contribution is -2.45. The maximum absolute atomic E-state index is 5.83. The molecule has 0 radical (unpaired) electrons. The predicted octanol–water partition coefficient (Wildman–Crippen LogP) is 5.62. The summed E-state index contributed by atoms with van der Waals surface area (Å²) in [6.07, 6.45) is 0. The van der Waals surface area contributed by atoms with Gasteiger partial charge in [-0.3, -0.25) is 0 Å². The van der Waals surface area contributed by atoms with Crippen molar-refractivity contribution in [3.63, 3.8) is 0 Å². The normalized spacial score (nSPS) is 15.6. The Bertz CT molecular complexity index is 1380.